The lowest BCUT2D eigenvalue weighted by atomic mass is 10.1. The summed E-state index contributed by atoms with van der Waals surface area (Å²) in [6.07, 6.45) is 0.774. The summed E-state index contributed by atoms with van der Waals surface area (Å²) in [7, 11) is 1.52. The molecular formula is C16H18BrClN2O4S. The average Bonchev–Trinajstić information content (AvgIpc) is 2.54. The van der Waals surface area contributed by atoms with E-state index >= 15 is 0 Å². The summed E-state index contributed by atoms with van der Waals surface area (Å²) in [6.45, 7) is 6.21. The van der Waals surface area contributed by atoms with Gasteiger partial charge in [0.05, 0.1) is 22.8 Å². The molecule has 0 aliphatic carbocycles. The second-order valence-corrected chi connectivity index (χ2v) is 9.07. The summed E-state index contributed by atoms with van der Waals surface area (Å²) in [4.78, 5) is 19.3. The summed E-state index contributed by atoms with van der Waals surface area (Å²) < 4.78 is 29.3. The predicted molar refractivity (Wildman–Crippen MR) is 101 cm³/mol. The normalized spacial score (nSPS) is 11.8. The minimum Gasteiger partial charge on any atom is -0.493 e. The molecule has 9 heteroatoms. The van der Waals surface area contributed by atoms with E-state index in [1.54, 1.807) is 0 Å². The number of H-pyrrole nitrogens is 1. The lowest BCUT2D eigenvalue weighted by Crippen LogP contribution is -2.15. The van der Waals surface area contributed by atoms with E-state index in [-0.39, 0.29) is 22.2 Å². The van der Waals surface area contributed by atoms with Gasteiger partial charge in [0.25, 0.3) is 14.6 Å². The van der Waals surface area contributed by atoms with E-state index in [1.807, 2.05) is 20.8 Å². The van der Waals surface area contributed by atoms with E-state index in [1.165, 1.54) is 18.2 Å². The number of benzene rings is 1. The van der Waals surface area contributed by atoms with Crippen LogP contribution in [0.4, 0.5) is 0 Å². The third kappa shape index (κ3) is 4.62. The van der Waals surface area contributed by atoms with Crippen LogP contribution in [0.1, 0.15) is 38.8 Å². The van der Waals surface area contributed by atoms with Gasteiger partial charge in [-0.1, -0.05) is 20.8 Å². The van der Waals surface area contributed by atoms with Crippen molar-refractivity contribution in [3.8, 4) is 17.1 Å². The van der Waals surface area contributed by atoms with Crippen LogP contribution in [0.5, 0.6) is 5.75 Å². The molecule has 1 N–H and O–H groups in total. The van der Waals surface area contributed by atoms with Gasteiger partial charge in [-0.25, -0.2) is 13.4 Å². The van der Waals surface area contributed by atoms with E-state index in [0.717, 1.165) is 6.42 Å². The van der Waals surface area contributed by atoms with Crippen LogP contribution in [0.2, 0.25) is 0 Å². The Morgan fingerprint density at radius 2 is 2.04 bits per heavy atom. The third-order valence-electron chi connectivity index (χ3n) is 3.38. The molecule has 0 fully saturated rings. The van der Waals surface area contributed by atoms with E-state index in [4.69, 9.17) is 15.4 Å². The zero-order valence-electron chi connectivity index (χ0n) is 14.0. The van der Waals surface area contributed by atoms with Gasteiger partial charge < -0.3 is 9.72 Å². The zero-order valence-corrected chi connectivity index (χ0v) is 17.1. The lowest BCUT2D eigenvalue weighted by Gasteiger charge is -2.14. The molecule has 6 nitrogen and oxygen atoms in total. The van der Waals surface area contributed by atoms with Crippen molar-refractivity contribution in [2.75, 3.05) is 6.61 Å². The fourth-order valence-corrected chi connectivity index (χ4v) is 3.59. The van der Waals surface area contributed by atoms with E-state index in [0.29, 0.717) is 28.1 Å². The number of hydrogen-bond acceptors (Lipinski definition) is 5. The number of rotatable bonds is 6. The summed E-state index contributed by atoms with van der Waals surface area (Å²) in [6, 6.07) is 4.22. The van der Waals surface area contributed by atoms with Crippen LogP contribution in [0.15, 0.2) is 32.4 Å². The monoisotopic (exact) mass is 448 g/mol. The molecule has 136 valence electrons. The first kappa shape index (κ1) is 19.9. The Balaban J connectivity index is 2.73. The predicted octanol–water partition coefficient (Wildman–Crippen LogP) is 4.04. The Kier molecular flexibility index (Phi) is 6.29. The maximum atomic E-state index is 12.2. The first-order valence-corrected chi connectivity index (χ1v) is 10.8. The summed E-state index contributed by atoms with van der Waals surface area (Å²) in [5, 5.41) is 0. The highest BCUT2D eigenvalue weighted by Gasteiger charge is 2.19. The molecule has 0 amide bonds. The number of halogens is 2. The number of hydrogen-bond donors (Lipinski definition) is 1. The molecule has 0 radical (unpaired) electrons. The Morgan fingerprint density at radius 3 is 2.60 bits per heavy atom. The topological polar surface area (TPSA) is 89.1 Å². The Morgan fingerprint density at radius 1 is 1.36 bits per heavy atom. The summed E-state index contributed by atoms with van der Waals surface area (Å²) in [5.41, 5.74) is 0.579. The minimum absolute atomic E-state index is 0.00428. The first-order valence-electron chi connectivity index (χ1n) is 7.66. The molecule has 0 bridgehead atoms. The van der Waals surface area contributed by atoms with Crippen LogP contribution in [-0.2, 0) is 9.05 Å². The van der Waals surface area contributed by atoms with Gasteiger partial charge in [0, 0.05) is 10.7 Å². The number of aromatic amines is 1. The van der Waals surface area contributed by atoms with E-state index in [9.17, 15) is 13.2 Å². The number of aromatic nitrogens is 2. The molecule has 1 aromatic carbocycles. The van der Waals surface area contributed by atoms with Crippen molar-refractivity contribution in [1.82, 2.24) is 9.97 Å². The van der Waals surface area contributed by atoms with E-state index in [2.05, 4.69) is 25.9 Å². The van der Waals surface area contributed by atoms with Crippen molar-refractivity contribution in [2.45, 2.75) is 38.0 Å². The van der Waals surface area contributed by atoms with Crippen LogP contribution in [0.3, 0.4) is 0 Å². The molecule has 0 saturated heterocycles. The molecule has 25 heavy (non-hydrogen) atoms. The number of ether oxygens (including phenoxy) is 1. The molecule has 0 unspecified atom stereocenters. The van der Waals surface area contributed by atoms with E-state index < -0.39 is 9.05 Å². The van der Waals surface area contributed by atoms with Crippen LogP contribution in [0.25, 0.3) is 11.4 Å². The van der Waals surface area contributed by atoms with Crippen molar-refractivity contribution in [1.29, 1.82) is 0 Å². The summed E-state index contributed by atoms with van der Waals surface area (Å²) >= 11 is 3.24. The van der Waals surface area contributed by atoms with Crippen LogP contribution in [0, 0.1) is 0 Å². The maximum Gasteiger partial charge on any atom is 0.265 e. The quantitative estimate of drug-likeness (QED) is 0.672. The molecule has 0 atom stereocenters. The van der Waals surface area contributed by atoms with Crippen LogP contribution < -0.4 is 10.3 Å². The first-order chi connectivity index (χ1) is 11.6. The van der Waals surface area contributed by atoms with Crippen molar-refractivity contribution < 1.29 is 13.2 Å². The highest BCUT2D eigenvalue weighted by Crippen LogP contribution is 2.32. The number of nitrogens with one attached hydrogen (secondary N) is 1. The molecule has 2 rings (SSSR count). The van der Waals surface area contributed by atoms with Gasteiger partial charge in [0.15, 0.2) is 0 Å². The lowest BCUT2D eigenvalue weighted by molar-refractivity contribution is 0.318. The van der Waals surface area contributed by atoms with Gasteiger partial charge in [0.2, 0.25) is 0 Å². The second kappa shape index (κ2) is 7.88. The molecule has 2 aromatic rings. The smallest absolute Gasteiger partial charge is 0.265 e. The SMILES string of the molecule is CCCOc1ccc(S(=O)(=O)Cl)cc1-c1nc(C(C)C)c(Br)c(=O)[nH]1. The van der Waals surface area contributed by atoms with Gasteiger partial charge in [-0.3, -0.25) is 4.79 Å². The Hall–Kier alpha value is -1.38. The molecule has 1 heterocycles. The van der Waals surface area contributed by atoms with Gasteiger partial charge >= 0.3 is 0 Å². The third-order valence-corrected chi connectivity index (χ3v) is 5.50. The molecule has 1 aromatic heterocycles. The highest BCUT2D eigenvalue weighted by atomic mass is 79.9. The number of nitrogens with zero attached hydrogens (tertiary/aromatic N) is 1. The van der Waals surface area contributed by atoms with Crippen molar-refractivity contribution >= 4 is 35.7 Å². The fourth-order valence-electron chi connectivity index (χ4n) is 2.17. The van der Waals surface area contributed by atoms with Gasteiger partial charge in [-0.15, -0.1) is 0 Å². The van der Waals surface area contributed by atoms with Gasteiger partial charge in [0.1, 0.15) is 16.0 Å². The molecule has 0 saturated carbocycles. The van der Waals surface area contributed by atoms with Gasteiger partial charge in [-0.2, -0.15) is 0 Å². The molecular weight excluding hydrogens is 432 g/mol. The largest absolute Gasteiger partial charge is 0.493 e. The molecule has 0 aliphatic heterocycles. The van der Waals surface area contributed by atoms with Crippen molar-refractivity contribution in [3.63, 3.8) is 0 Å². The highest BCUT2D eigenvalue weighted by molar-refractivity contribution is 9.10. The van der Waals surface area contributed by atoms with Gasteiger partial charge in [-0.05, 0) is 46.5 Å². The minimum atomic E-state index is -3.93. The van der Waals surface area contributed by atoms with Crippen LogP contribution in [-0.4, -0.2) is 25.0 Å². The second-order valence-electron chi connectivity index (χ2n) is 5.71. The van der Waals surface area contributed by atoms with Crippen molar-refractivity contribution in [2.24, 2.45) is 0 Å². The maximum absolute atomic E-state index is 12.2. The molecule has 0 aliphatic rings. The standard InChI is InChI=1S/C16H18BrClN2O4S/c1-4-7-24-12-6-5-10(25(18,22)23)8-11(12)15-19-14(9(2)3)13(17)16(21)20-15/h5-6,8-9H,4,7H2,1-3H3,(H,19,20,21). The Labute approximate surface area is 159 Å². The van der Waals surface area contributed by atoms with Crippen molar-refractivity contribution in [3.05, 3.63) is 38.7 Å². The molecule has 0 spiro atoms. The zero-order chi connectivity index (χ0) is 18.8. The summed E-state index contributed by atoms with van der Waals surface area (Å²) in [5.74, 6) is 0.645. The van der Waals surface area contributed by atoms with Crippen LogP contribution >= 0.6 is 26.6 Å². The fraction of sp³-hybridized carbons (Fsp3) is 0.375. The average molecular weight is 450 g/mol. The Bertz CT molecular complexity index is 942.